The summed E-state index contributed by atoms with van der Waals surface area (Å²) in [5.41, 5.74) is -1.24. The van der Waals surface area contributed by atoms with E-state index in [1.807, 2.05) is 0 Å². The van der Waals surface area contributed by atoms with Gasteiger partial charge in [0.05, 0.1) is 23.0 Å². The average molecular weight is 645 g/mol. The normalized spacial score (nSPS) is 38.3. The molecule has 46 heavy (non-hydrogen) atoms. The summed E-state index contributed by atoms with van der Waals surface area (Å²) >= 11 is 0. The quantitative estimate of drug-likeness (QED) is 0.139. The van der Waals surface area contributed by atoms with E-state index in [9.17, 15) is 4.79 Å². The molecule has 0 aromatic carbocycles. The number of rotatable bonds is 18. The first-order valence-corrected chi connectivity index (χ1v) is 20.9. The fraction of sp³-hybridized carbons (Fsp3) is 0.976. The number of Topliss-reactive ketones (excluding diaryl/α,β-unsaturated/α-hetero) is 1. The minimum Gasteiger partial charge on any atom is -0.378 e. The minimum atomic E-state index is -0.883. The van der Waals surface area contributed by atoms with E-state index in [1.165, 1.54) is 128 Å². The van der Waals surface area contributed by atoms with Gasteiger partial charge in [-0.3, -0.25) is 4.79 Å². The zero-order valence-electron chi connectivity index (χ0n) is 30.4. The monoisotopic (exact) mass is 645 g/mol. The summed E-state index contributed by atoms with van der Waals surface area (Å²) < 4.78 is 28.8. The highest BCUT2D eigenvalue weighted by Crippen LogP contribution is 2.66. The second-order valence-electron chi connectivity index (χ2n) is 17.0. The van der Waals surface area contributed by atoms with Gasteiger partial charge in [-0.1, -0.05) is 78.1 Å². The van der Waals surface area contributed by atoms with E-state index in [4.69, 9.17) is 9.47 Å². The van der Waals surface area contributed by atoms with Crippen LogP contribution in [-0.4, -0.2) is 37.4 Å². The van der Waals surface area contributed by atoms with Crippen molar-refractivity contribution in [1.29, 1.82) is 0 Å². The Morgan fingerprint density at radius 1 is 0.500 bits per heavy atom. The maximum absolute atomic E-state index is 16.3. The smallest absolute Gasteiger partial charge is 0.151 e. The van der Waals surface area contributed by atoms with Crippen molar-refractivity contribution in [1.82, 2.24) is 0 Å². The highest BCUT2D eigenvalue weighted by atomic mass is 19.1. The van der Waals surface area contributed by atoms with Crippen LogP contribution < -0.4 is 0 Å². The zero-order chi connectivity index (χ0) is 32.2. The lowest BCUT2D eigenvalue weighted by atomic mass is 9.41. The standard InChI is InChI=1S/C42H73FO3/c1-3-5-7-9-11-13-31-45-37-19-15-33(16-20-37)35-23-27-41(28-24-35)39(43)42(40(41)44)29-25-36(26-30-42)34-17-21-38(22-18-34)46-32-14-12-10-8-6-4-2/h33-39H,3-32H2,1-2H3/t33?,34?,35?,36?,37?,38?,39?,41-,42-. The Kier molecular flexibility index (Phi) is 14.8. The van der Waals surface area contributed by atoms with Crippen LogP contribution in [0.5, 0.6) is 0 Å². The number of hydrogen-bond donors (Lipinski definition) is 0. The third kappa shape index (κ3) is 9.00. The summed E-state index contributed by atoms with van der Waals surface area (Å²) in [4.78, 5) is 13.9. The first-order chi connectivity index (χ1) is 22.5. The number of hydrogen-bond acceptors (Lipinski definition) is 3. The first-order valence-electron chi connectivity index (χ1n) is 20.9. The van der Waals surface area contributed by atoms with E-state index in [1.54, 1.807) is 0 Å². The maximum atomic E-state index is 16.3. The molecule has 266 valence electrons. The van der Waals surface area contributed by atoms with Crippen molar-refractivity contribution in [3.8, 4) is 0 Å². The SMILES string of the molecule is CCCCCCCCOC1CCC(C2CC[C@]3(CC2)C(=O)[C@@]2(CCC(C4CCC(OCCCCCCCC)CC4)CC2)[C@H]3F)CC1. The molecule has 0 atom stereocenters. The van der Waals surface area contributed by atoms with E-state index in [2.05, 4.69) is 13.8 Å². The van der Waals surface area contributed by atoms with E-state index >= 15 is 4.39 Å². The predicted octanol–water partition coefficient (Wildman–Crippen LogP) is 12.1. The molecule has 5 fully saturated rings. The third-order valence-corrected chi connectivity index (χ3v) is 14.2. The Morgan fingerprint density at radius 3 is 1.17 bits per heavy atom. The molecular weight excluding hydrogens is 571 g/mol. The molecule has 5 rings (SSSR count). The predicted molar refractivity (Wildman–Crippen MR) is 189 cm³/mol. The van der Waals surface area contributed by atoms with Crippen LogP contribution in [0.15, 0.2) is 0 Å². The van der Waals surface area contributed by atoms with Crippen molar-refractivity contribution >= 4 is 5.78 Å². The molecule has 0 N–H and O–H groups in total. The van der Waals surface area contributed by atoms with E-state index in [0.717, 1.165) is 76.4 Å². The Balaban J connectivity index is 0.949. The molecular formula is C42H73FO3. The third-order valence-electron chi connectivity index (χ3n) is 14.2. The van der Waals surface area contributed by atoms with Crippen molar-refractivity contribution in [3.63, 3.8) is 0 Å². The molecule has 0 saturated heterocycles. The van der Waals surface area contributed by atoms with Gasteiger partial charge in [-0.25, -0.2) is 4.39 Å². The highest BCUT2D eigenvalue weighted by Gasteiger charge is 2.71. The molecule has 0 bridgehead atoms. The molecule has 0 unspecified atom stereocenters. The van der Waals surface area contributed by atoms with Gasteiger partial charge in [0.25, 0.3) is 0 Å². The largest absolute Gasteiger partial charge is 0.378 e. The molecule has 0 aromatic rings. The van der Waals surface area contributed by atoms with Crippen LogP contribution in [-0.2, 0) is 14.3 Å². The van der Waals surface area contributed by atoms with E-state index in [-0.39, 0.29) is 0 Å². The fourth-order valence-corrected chi connectivity index (χ4v) is 11.1. The van der Waals surface area contributed by atoms with Crippen molar-refractivity contribution in [2.75, 3.05) is 13.2 Å². The van der Waals surface area contributed by atoms with Crippen LogP contribution in [0.4, 0.5) is 4.39 Å². The van der Waals surface area contributed by atoms with Gasteiger partial charge < -0.3 is 9.47 Å². The van der Waals surface area contributed by atoms with Crippen LogP contribution >= 0.6 is 0 Å². The first kappa shape index (κ1) is 36.8. The van der Waals surface area contributed by atoms with Gasteiger partial charge >= 0.3 is 0 Å². The van der Waals surface area contributed by atoms with Crippen LogP contribution in [0, 0.1) is 34.5 Å². The number of halogens is 1. The van der Waals surface area contributed by atoms with E-state index in [0.29, 0.717) is 29.8 Å². The molecule has 0 amide bonds. The van der Waals surface area contributed by atoms with Crippen LogP contribution in [0.3, 0.4) is 0 Å². The van der Waals surface area contributed by atoms with Gasteiger partial charge in [0.1, 0.15) is 6.17 Å². The maximum Gasteiger partial charge on any atom is 0.151 e. The highest BCUT2D eigenvalue weighted by molar-refractivity contribution is 5.98. The number of unbranched alkanes of at least 4 members (excludes halogenated alkanes) is 10. The van der Waals surface area contributed by atoms with Crippen molar-refractivity contribution in [3.05, 3.63) is 0 Å². The van der Waals surface area contributed by atoms with Gasteiger partial charge in [-0.05, 0) is 139 Å². The summed E-state index contributed by atoms with van der Waals surface area (Å²) in [5, 5.41) is 0. The van der Waals surface area contributed by atoms with Crippen molar-refractivity contribution in [2.45, 2.75) is 212 Å². The second kappa shape index (κ2) is 18.5. The molecule has 5 saturated carbocycles. The molecule has 0 radical (unpaired) electrons. The lowest BCUT2D eigenvalue weighted by molar-refractivity contribution is -0.195. The van der Waals surface area contributed by atoms with Gasteiger partial charge in [0, 0.05) is 13.2 Å². The summed E-state index contributed by atoms with van der Waals surface area (Å²) in [6.07, 6.45) is 33.3. The Labute approximate surface area is 283 Å². The summed E-state index contributed by atoms with van der Waals surface area (Å²) in [5.74, 6) is 3.27. The number of carbonyl (C=O) groups excluding carboxylic acids is 1. The zero-order valence-corrected chi connectivity index (χ0v) is 30.4. The fourth-order valence-electron chi connectivity index (χ4n) is 11.1. The van der Waals surface area contributed by atoms with Gasteiger partial charge in [-0.15, -0.1) is 0 Å². The molecule has 5 aliphatic rings. The topological polar surface area (TPSA) is 35.5 Å². The van der Waals surface area contributed by atoms with Gasteiger partial charge in [0.15, 0.2) is 5.78 Å². The van der Waals surface area contributed by atoms with E-state index < -0.39 is 17.0 Å². The molecule has 0 aromatic heterocycles. The molecule has 0 aliphatic heterocycles. The number of carbonyl (C=O) groups is 1. The summed E-state index contributed by atoms with van der Waals surface area (Å²) in [7, 11) is 0. The number of ether oxygens (including phenoxy) is 2. The Hall–Kier alpha value is -0.480. The number of ketones is 1. The molecule has 3 nitrogen and oxygen atoms in total. The second-order valence-corrected chi connectivity index (χ2v) is 17.0. The average Bonchev–Trinajstić information content (AvgIpc) is 3.11. The van der Waals surface area contributed by atoms with Gasteiger partial charge in [0.2, 0.25) is 0 Å². The molecule has 5 aliphatic carbocycles. The summed E-state index contributed by atoms with van der Waals surface area (Å²) in [6, 6.07) is 0. The molecule has 0 heterocycles. The molecule has 4 heteroatoms. The number of alkyl halides is 1. The summed E-state index contributed by atoms with van der Waals surface area (Å²) in [6.45, 7) is 6.42. The van der Waals surface area contributed by atoms with Crippen LogP contribution in [0.2, 0.25) is 0 Å². The van der Waals surface area contributed by atoms with Crippen LogP contribution in [0.1, 0.15) is 194 Å². The minimum absolute atomic E-state index is 0.350. The molecule has 2 spiro atoms. The van der Waals surface area contributed by atoms with Crippen molar-refractivity contribution < 1.29 is 18.7 Å². The van der Waals surface area contributed by atoms with Crippen molar-refractivity contribution in [2.24, 2.45) is 34.5 Å². The van der Waals surface area contributed by atoms with Crippen LogP contribution in [0.25, 0.3) is 0 Å². The Bertz CT molecular complexity index is 788. The lowest BCUT2D eigenvalue weighted by Crippen LogP contribution is -2.69. The Morgan fingerprint density at radius 2 is 0.826 bits per heavy atom. The van der Waals surface area contributed by atoms with Gasteiger partial charge in [-0.2, -0.15) is 0 Å². The lowest BCUT2D eigenvalue weighted by Gasteiger charge is -2.62.